The predicted octanol–water partition coefficient (Wildman–Crippen LogP) is 1.39. The third-order valence-electron chi connectivity index (χ3n) is 3.24. The fourth-order valence-electron chi connectivity index (χ4n) is 2.15. The van der Waals surface area contributed by atoms with Crippen molar-refractivity contribution < 1.29 is 9.59 Å². The Hall–Kier alpha value is -2.37. The van der Waals surface area contributed by atoms with Crippen LogP contribution in [0.15, 0.2) is 24.4 Å². The van der Waals surface area contributed by atoms with E-state index in [-0.39, 0.29) is 29.9 Å². The maximum atomic E-state index is 11.8. The van der Waals surface area contributed by atoms with Crippen molar-refractivity contribution in [1.82, 2.24) is 19.9 Å². The van der Waals surface area contributed by atoms with E-state index in [0.717, 1.165) is 0 Å². The molecule has 1 aromatic carbocycles. The highest BCUT2D eigenvalue weighted by Gasteiger charge is 2.27. The lowest BCUT2D eigenvalue weighted by atomic mass is 10.2. The van der Waals surface area contributed by atoms with Gasteiger partial charge in [0.15, 0.2) is 0 Å². The highest BCUT2D eigenvalue weighted by Crippen LogP contribution is 2.19. The molecular weight excluding hydrogens is 338 g/mol. The molecule has 1 aliphatic heterocycles. The summed E-state index contributed by atoms with van der Waals surface area (Å²) < 4.78 is 1.43. The molecule has 2 amide bonds. The van der Waals surface area contributed by atoms with Crippen molar-refractivity contribution in [1.29, 1.82) is 5.26 Å². The number of rotatable bonds is 3. The average molecular weight is 348 g/mol. The number of carbonyl (C=O) groups excluding carboxylic acids is 2. The first-order chi connectivity index (χ1) is 11.1. The summed E-state index contributed by atoms with van der Waals surface area (Å²) in [6.45, 7) is 0.0771. The number of hydrogen-bond acceptors (Lipinski definition) is 6. The smallest absolute Gasteiger partial charge is 0.239 e. The minimum absolute atomic E-state index is 0.0771. The normalized spacial score (nSPS) is 14.9. The van der Waals surface area contributed by atoms with Crippen LogP contribution in [0, 0.1) is 11.3 Å². The molecule has 1 saturated heterocycles. The molecule has 0 unspecified atom stereocenters. The van der Waals surface area contributed by atoms with Gasteiger partial charge in [0.05, 0.1) is 35.5 Å². The van der Waals surface area contributed by atoms with E-state index in [1.807, 2.05) is 6.07 Å². The molecule has 1 fully saturated rings. The molecule has 0 aliphatic carbocycles. The molecule has 1 aromatic heterocycles. The first-order valence-electron chi connectivity index (χ1n) is 6.60. The van der Waals surface area contributed by atoms with Crippen LogP contribution in [0.3, 0.4) is 0 Å². The summed E-state index contributed by atoms with van der Waals surface area (Å²) in [6, 6.07) is 6.89. The Balaban J connectivity index is 1.85. The monoisotopic (exact) mass is 347 g/mol. The maximum Gasteiger partial charge on any atom is 0.239 e. The molecule has 0 N–H and O–H groups in total. The van der Waals surface area contributed by atoms with Crippen molar-refractivity contribution in [2.75, 3.05) is 11.5 Å². The third kappa shape index (κ3) is 3.21. The van der Waals surface area contributed by atoms with Gasteiger partial charge in [-0.1, -0.05) is 16.8 Å². The first-order valence-corrected chi connectivity index (χ1v) is 8.14. The lowest BCUT2D eigenvalue weighted by molar-refractivity contribution is -0.142. The van der Waals surface area contributed by atoms with Gasteiger partial charge in [0, 0.05) is 5.02 Å². The molecule has 3 rings (SSSR count). The summed E-state index contributed by atoms with van der Waals surface area (Å²) in [4.78, 5) is 24.8. The van der Waals surface area contributed by atoms with Crippen molar-refractivity contribution in [3.05, 3.63) is 40.7 Å². The number of aromatic nitrogens is 3. The van der Waals surface area contributed by atoms with Gasteiger partial charge in [0.2, 0.25) is 11.8 Å². The highest BCUT2D eigenvalue weighted by atomic mass is 35.5. The number of carbonyl (C=O) groups is 2. The summed E-state index contributed by atoms with van der Waals surface area (Å²) >= 11 is 7.17. The molecule has 0 saturated carbocycles. The van der Waals surface area contributed by atoms with Gasteiger partial charge in [0.25, 0.3) is 0 Å². The summed E-state index contributed by atoms with van der Waals surface area (Å²) in [5, 5.41) is 17.6. The second-order valence-electron chi connectivity index (χ2n) is 4.79. The fourth-order valence-corrected chi connectivity index (χ4v) is 3.08. The topological polar surface area (TPSA) is 91.9 Å². The van der Waals surface area contributed by atoms with Gasteiger partial charge in [-0.2, -0.15) is 5.26 Å². The minimum atomic E-state index is -0.231. The van der Waals surface area contributed by atoms with Crippen molar-refractivity contribution in [3.63, 3.8) is 0 Å². The predicted molar refractivity (Wildman–Crippen MR) is 84.0 cm³/mol. The number of nitrogens with zero attached hydrogens (tertiary/aromatic N) is 5. The number of amides is 2. The summed E-state index contributed by atoms with van der Waals surface area (Å²) in [5.41, 5.74) is 1.36. The quantitative estimate of drug-likeness (QED) is 0.779. The molecule has 0 bridgehead atoms. The highest BCUT2D eigenvalue weighted by molar-refractivity contribution is 8.00. The van der Waals surface area contributed by atoms with Crippen molar-refractivity contribution >= 4 is 35.2 Å². The van der Waals surface area contributed by atoms with Crippen molar-refractivity contribution in [2.24, 2.45) is 0 Å². The number of thioether (sulfide) groups is 1. The van der Waals surface area contributed by atoms with E-state index < -0.39 is 0 Å². The largest absolute Gasteiger partial charge is 0.275 e. The van der Waals surface area contributed by atoms with E-state index in [1.54, 1.807) is 18.3 Å². The lowest BCUT2D eigenvalue weighted by Crippen LogP contribution is -2.42. The number of hydrogen-bond donors (Lipinski definition) is 0. The van der Waals surface area contributed by atoms with E-state index in [9.17, 15) is 14.9 Å². The standard InChI is InChI=1S/C14H10ClN5O2S/c15-10-1-2-12(9(3-10)4-16)20-6-11(17-18-20)5-19-13(21)7-23-8-14(19)22/h1-3,6H,5,7-8H2. The van der Waals surface area contributed by atoms with Gasteiger partial charge in [-0.05, 0) is 18.2 Å². The van der Waals surface area contributed by atoms with Crippen LogP contribution in [0.1, 0.15) is 11.3 Å². The molecule has 2 aromatic rings. The van der Waals surface area contributed by atoms with Crippen LogP contribution >= 0.6 is 23.4 Å². The molecule has 1 aliphatic rings. The second-order valence-corrected chi connectivity index (χ2v) is 6.22. The van der Waals surface area contributed by atoms with Crippen molar-refractivity contribution in [3.8, 4) is 11.8 Å². The van der Waals surface area contributed by atoms with Crippen LogP contribution in [-0.4, -0.2) is 43.2 Å². The Labute approximate surface area is 140 Å². The molecule has 0 radical (unpaired) electrons. The zero-order valence-corrected chi connectivity index (χ0v) is 13.3. The molecule has 2 heterocycles. The molecule has 116 valence electrons. The molecule has 0 spiro atoms. The van der Waals surface area contributed by atoms with Gasteiger partial charge >= 0.3 is 0 Å². The summed E-state index contributed by atoms with van der Waals surface area (Å²) in [5.74, 6) is 0.112. The SMILES string of the molecule is N#Cc1cc(Cl)ccc1-n1cc(CN2C(=O)CSCC2=O)nn1. The van der Waals surface area contributed by atoms with E-state index in [1.165, 1.54) is 27.4 Å². The van der Waals surface area contributed by atoms with E-state index in [2.05, 4.69) is 10.3 Å². The van der Waals surface area contributed by atoms with Crippen LogP contribution in [-0.2, 0) is 16.1 Å². The Morgan fingerprint density at radius 1 is 1.30 bits per heavy atom. The lowest BCUT2D eigenvalue weighted by Gasteiger charge is -2.23. The van der Waals surface area contributed by atoms with Gasteiger partial charge in [0.1, 0.15) is 11.8 Å². The molecule has 9 heteroatoms. The Morgan fingerprint density at radius 2 is 2.04 bits per heavy atom. The van der Waals surface area contributed by atoms with Gasteiger partial charge in [-0.25, -0.2) is 4.68 Å². The average Bonchev–Trinajstić information content (AvgIpc) is 2.99. The molecule has 23 heavy (non-hydrogen) atoms. The zero-order chi connectivity index (χ0) is 16.4. The first kappa shape index (κ1) is 15.5. The number of nitriles is 1. The Kier molecular flexibility index (Phi) is 4.32. The Morgan fingerprint density at radius 3 is 2.74 bits per heavy atom. The molecule has 7 nitrogen and oxygen atoms in total. The van der Waals surface area contributed by atoms with Crippen LogP contribution < -0.4 is 0 Å². The van der Waals surface area contributed by atoms with Crippen LogP contribution in [0.25, 0.3) is 5.69 Å². The summed E-state index contributed by atoms with van der Waals surface area (Å²) in [7, 11) is 0. The number of imide groups is 1. The number of benzene rings is 1. The Bertz CT molecular complexity index is 813. The summed E-state index contributed by atoms with van der Waals surface area (Å²) in [6.07, 6.45) is 1.59. The van der Waals surface area contributed by atoms with Crippen LogP contribution in [0.2, 0.25) is 5.02 Å². The molecule has 0 atom stereocenters. The zero-order valence-electron chi connectivity index (χ0n) is 11.8. The van der Waals surface area contributed by atoms with Crippen molar-refractivity contribution in [2.45, 2.75) is 6.54 Å². The van der Waals surface area contributed by atoms with Crippen LogP contribution in [0.4, 0.5) is 0 Å². The minimum Gasteiger partial charge on any atom is -0.275 e. The number of halogens is 1. The van der Waals surface area contributed by atoms with E-state index >= 15 is 0 Å². The van der Waals surface area contributed by atoms with Gasteiger partial charge in [-0.15, -0.1) is 16.9 Å². The fraction of sp³-hybridized carbons (Fsp3) is 0.214. The third-order valence-corrected chi connectivity index (χ3v) is 4.38. The second kappa shape index (κ2) is 6.40. The van der Waals surface area contributed by atoms with Gasteiger partial charge < -0.3 is 0 Å². The van der Waals surface area contributed by atoms with E-state index in [0.29, 0.717) is 22.0 Å². The maximum absolute atomic E-state index is 11.8. The van der Waals surface area contributed by atoms with Gasteiger partial charge in [-0.3, -0.25) is 14.5 Å². The molecular formula is C14H10ClN5O2S. The van der Waals surface area contributed by atoms with Crippen LogP contribution in [0.5, 0.6) is 0 Å². The van der Waals surface area contributed by atoms with E-state index in [4.69, 9.17) is 11.6 Å².